The number of hydrazine groups is 1. The third-order valence-electron chi connectivity index (χ3n) is 3.35. The number of thiocarbonyl (C=S) groups is 1. The highest BCUT2D eigenvalue weighted by atomic mass is 35.5. The van der Waals surface area contributed by atoms with Gasteiger partial charge in [-0.2, -0.15) is 0 Å². The lowest BCUT2D eigenvalue weighted by Gasteiger charge is -2.15. The number of amides is 1. The second kappa shape index (κ2) is 7.68. The van der Waals surface area contributed by atoms with Crippen LogP contribution in [0.1, 0.15) is 11.1 Å². The van der Waals surface area contributed by atoms with Gasteiger partial charge in [-0.1, -0.05) is 83.6 Å². The van der Waals surface area contributed by atoms with E-state index in [-0.39, 0.29) is 5.91 Å². The molecular weight excluding hydrogens is 383 g/mol. The lowest BCUT2D eigenvalue weighted by atomic mass is 10.2. The summed E-state index contributed by atoms with van der Waals surface area (Å²) in [6.07, 6.45) is 1.67. The molecule has 122 valence electrons. The first-order valence-corrected chi connectivity index (χ1v) is 9.04. The summed E-state index contributed by atoms with van der Waals surface area (Å²) in [6.45, 7) is 0.507. The molecule has 0 atom stereocenters. The maximum Gasteiger partial charge on any atom is 0.280 e. The molecule has 1 fully saturated rings. The summed E-state index contributed by atoms with van der Waals surface area (Å²) in [6, 6.07) is 15.0. The van der Waals surface area contributed by atoms with Gasteiger partial charge < -0.3 is 0 Å². The topological polar surface area (TPSA) is 32.3 Å². The molecule has 2 aromatic carbocycles. The highest BCUT2D eigenvalue weighted by molar-refractivity contribution is 8.26. The SMILES string of the molecule is O=C1/C(=C\c2c(Cl)cccc2Cl)SC(=S)N1NCc1ccccc1. The van der Waals surface area contributed by atoms with Gasteiger partial charge >= 0.3 is 0 Å². The number of nitrogens with one attached hydrogen (secondary N) is 1. The minimum atomic E-state index is -0.211. The van der Waals surface area contributed by atoms with Crippen molar-refractivity contribution in [1.29, 1.82) is 0 Å². The third-order valence-corrected chi connectivity index (χ3v) is 5.31. The van der Waals surface area contributed by atoms with Crippen LogP contribution < -0.4 is 5.43 Å². The molecule has 0 aromatic heterocycles. The molecule has 0 unspecified atom stereocenters. The van der Waals surface area contributed by atoms with Crippen molar-refractivity contribution in [2.45, 2.75) is 6.54 Å². The third kappa shape index (κ3) is 3.82. The lowest BCUT2D eigenvalue weighted by Crippen LogP contribution is -2.40. The van der Waals surface area contributed by atoms with Crippen molar-refractivity contribution in [3.63, 3.8) is 0 Å². The molecule has 1 N–H and O–H groups in total. The van der Waals surface area contributed by atoms with Crippen LogP contribution in [-0.4, -0.2) is 15.2 Å². The summed E-state index contributed by atoms with van der Waals surface area (Å²) in [5.41, 5.74) is 4.73. The van der Waals surface area contributed by atoms with Crippen LogP contribution in [0.5, 0.6) is 0 Å². The predicted octanol–water partition coefficient (Wildman–Crippen LogP) is 4.90. The molecule has 7 heteroatoms. The van der Waals surface area contributed by atoms with Gasteiger partial charge in [0.2, 0.25) is 0 Å². The largest absolute Gasteiger partial charge is 0.280 e. The smallest absolute Gasteiger partial charge is 0.267 e. The molecule has 1 heterocycles. The van der Waals surface area contributed by atoms with Crippen molar-refractivity contribution >= 4 is 63.5 Å². The quantitative estimate of drug-likeness (QED) is 0.590. The van der Waals surface area contributed by atoms with Crippen molar-refractivity contribution in [3.8, 4) is 0 Å². The maximum absolute atomic E-state index is 12.6. The van der Waals surface area contributed by atoms with Crippen LogP contribution in [0.2, 0.25) is 10.0 Å². The van der Waals surface area contributed by atoms with E-state index in [1.165, 1.54) is 16.8 Å². The van der Waals surface area contributed by atoms with Gasteiger partial charge in [-0.3, -0.25) is 4.79 Å². The van der Waals surface area contributed by atoms with E-state index in [0.717, 1.165) is 5.56 Å². The van der Waals surface area contributed by atoms with Crippen LogP contribution in [0.25, 0.3) is 6.08 Å². The van der Waals surface area contributed by atoms with Crippen LogP contribution in [0, 0.1) is 0 Å². The zero-order chi connectivity index (χ0) is 17.1. The van der Waals surface area contributed by atoms with Gasteiger partial charge in [0, 0.05) is 22.2 Å². The molecule has 2 aromatic rings. The standard InChI is InChI=1S/C17H12Cl2N2OS2/c18-13-7-4-8-14(19)12(13)9-15-16(22)21(17(23)24-15)20-10-11-5-2-1-3-6-11/h1-9,20H,10H2/b15-9+. The number of carbonyl (C=O) groups is 1. The molecule has 0 radical (unpaired) electrons. The van der Waals surface area contributed by atoms with Gasteiger partial charge in [-0.05, 0) is 23.8 Å². The minimum absolute atomic E-state index is 0.211. The number of hydrogen-bond acceptors (Lipinski definition) is 4. The first-order valence-electron chi connectivity index (χ1n) is 7.05. The summed E-state index contributed by atoms with van der Waals surface area (Å²) in [7, 11) is 0. The maximum atomic E-state index is 12.6. The summed E-state index contributed by atoms with van der Waals surface area (Å²) in [4.78, 5) is 13.0. The van der Waals surface area contributed by atoms with Crippen molar-refractivity contribution in [1.82, 2.24) is 10.4 Å². The van der Waals surface area contributed by atoms with Crippen LogP contribution in [0.3, 0.4) is 0 Å². The second-order valence-corrected chi connectivity index (χ2v) is 7.46. The number of rotatable bonds is 4. The number of thioether (sulfide) groups is 1. The van der Waals surface area contributed by atoms with Gasteiger partial charge in [0.05, 0.1) is 4.91 Å². The summed E-state index contributed by atoms with van der Waals surface area (Å²) < 4.78 is 0.449. The van der Waals surface area contributed by atoms with E-state index in [1.54, 1.807) is 24.3 Å². The Bertz CT molecular complexity index is 804. The van der Waals surface area contributed by atoms with Gasteiger partial charge in [0.15, 0.2) is 4.32 Å². The zero-order valence-electron chi connectivity index (χ0n) is 12.3. The Morgan fingerprint density at radius 3 is 2.42 bits per heavy atom. The molecule has 3 rings (SSSR count). The monoisotopic (exact) mass is 394 g/mol. The van der Waals surface area contributed by atoms with E-state index in [0.29, 0.717) is 31.4 Å². The number of hydrogen-bond donors (Lipinski definition) is 1. The van der Waals surface area contributed by atoms with E-state index in [2.05, 4.69) is 5.43 Å². The van der Waals surface area contributed by atoms with E-state index in [9.17, 15) is 4.79 Å². The molecule has 0 bridgehead atoms. The normalized spacial score (nSPS) is 16.2. The summed E-state index contributed by atoms with van der Waals surface area (Å²) in [5, 5.41) is 2.36. The van der Waals surface area contributed by atoms with Gasteiger partial charge in [0.1, 0.15) is 0 Å². The fourth-order valence-corrected chi connectivity index (χ4v) is 3.86. The van der Waals surface area contributed by atoms with Crippen molar-refractivity contribution in [3.05, 3.63) is 74.6 Å². The first kappa shape index (κ1) is 17.5. The predicted molar refractivity (Wildman–Crippen MR) is 105 cm³/mol. The fraction of sp³-hybridized carbons (Fsp3) is 0.0588. The summed E-state index contributed by atoms with van der Waals surface area (Å²) in [5.74, 6) is -0.211. The average molecular weight is 395 g/mol. The van der Waals surface area contributed by atoms with Gasteiger partial charge in [0.25, 0.3) is 5.91 Å². The molecule has 0 spiro atoms. The highest BCUT2D eigenvalue weighted by Gasteiger charge is 2.32. The average Bonchev–Trinajstić information content (AvgIpc) is 2.84. The molecule has 1 amide bonds. The van der Waals surface area contributed by atoms with Crippen LogP contribution in [0.15, 0.2) is 53.4 Å². The van der Waals surface area contributed by atoms with E-state index >= 15 is 0 Å². The van der Waals surface area contributed by atoms with Gasteiger partial charge in [-0.25, -0.2) is 10.4 Å². The van der Waals surface area contributed by atoms with Crippen molar-refractivity contribution < 1.29 is 4.79 Å². The Balaban J connectivity index is 1.78. The molecule has 1 aliphatic heterocycles. The second-order valence-electron chi connectivity index (χ2n) is 4.97. The van der Waals surface area contributed by atoms with Crippen LogP contribution in [-0.2, 0) is 11.3 Å². The molecule has 0 aliphatic carbocycles. The zero-order valence-corrected chi connectivity index (χ0v) is 15.5. The number of carbonyl (C=O) groups excluding carboxylic acids is 1. The van der Waals surface area contributed by atoms with E-state index in [1.807, 2.05) is 30.3 Å². The van der Waals surface area contributed by atoms with E-state index in [4.69, 9.17) is 35.4 Å². The van der Waals surface area contributed by atoms with E-state index < -0.39 is 0 Å². The molecule has 1 aliphatic rings. The van der Waals surface area contributed by atoms with Crippen LogP contribution >= 0.6 is 47.2 Å². The molecule has 0 saturated carbocycles. The Kier molecular flexibility index (Phi) is 5.58. The number of benzene rings is 2. The first-order chi connectivity index (χ1) is 11.6. The highest BCUT2D eigenvalue weighted by Crippen LogP contribution is 2.35. The Labute approximate surface area is 159 Å². The Hall–Kier alpha value is -1.37. The molecule has 24 heavy (non-hydrogen) atoms. The van der Waals surface area contributed by atoms with Crippen LogP contribution in [0.4, 0.5) is 0 Å². The Morgan fingerprint density at radius 2 is 1.75 bits per heavy atom. The molecular formula is C17H12Cl2N2OS2. The molecule has 1 saturated heterocycles. The lowest BCUT2D eigenvalue weighted by molar-refractivity contribution is -0.124. The van der Waals surface area contributed by atoms with Gasteiger partial charge in [-0.15, -0.1) is 0 Å². The summed E-state index contributed by atoms with van der Waals surface area (Å²) >= 11 is 18.8. The number of halogens is 2. The van der Waals surface area contributed by atoms with Crippen molar-refractivity contribution in [2.75, 3.05) is 0 Å². The fourth-order valence-electron chi connectivity index (χ4n) is 2.15. The minimum Gasteiger partial charge on any atom is -0.267 e. The molecule has 3 nitrogen and oxygen atoms in total. The number of nitrogens with zero attached hydrogens (tertiary/aromatic N) is 1. The van der Waals surface area contributed by atoms with Crippen molar-refractivity contribution in [2.24, 2.45) is 0 Å². The Morgan fingerprint density at radius 1 is 1.08 bits per heavy atom.